The van der Waals surface area contributed by atoms with E-state index in [0.29, 0.717) is 16.0 Å². The molecule has 0 heterocycles. The van der Waals surface area contributed by atoms with E-state index in [1.54, 1.807) is 6.07 Å². The Hall–Kier alpha value is -1.40. The zero-order valence-electron chi connectivity index (χ0n) is 9.89. The topological polar surface area (TPSA) is 52.4 Å². The molecule has 4 nitrogen and oxygen atoms in total. The first-order valence-corrected chi connectivity index (χ1v) is 6.94. The fourth-order valence-electron chi connectivity index (χ4n) is 1.49. The standard InChI is InChI=1S/C13H9Br2NO3/c1-8-2-4-12(10(14)6-8)19-13-5-3-9(16(17)18)7-11(13)15/h2-7H,1H3. The van der Waals surface area contributed by atoms with E-state index < -0.39 is 4.92 Å². The molecular weight excluding hydrogens is 378 g/mol. The van der Waals surface area contributed by atoms with E-state index in [9.17, 15) is 10.1 Å². The summed E-state index contributed by atoms with van der Waals surface area (Å²) in [5.41, 5.74) is 1.13. The summed E-state index contributed by atoms with van der Waals surface area (Å²) in [5.74, 6) is 1.18. The molecule has 0 unspecified atom stereocenters. The molecule has 2 aromatic rings. The van der Waals surface area contributed by atoms with E-state index in [-0.39, 0.29) is 5.69 Å². The van der Waals surface area contributed by atoms with Gasteiger partial charge in [-0.15, -0.1) is 0 Å². The normalized spacial score (nSPS) is 10.3. The summed E-state index contributed by atoms with van der Waals surface area (Å²) in [4.78, 5) is 10.2. The summed E-state index contributed by atoms with van der Waals surface area (Å²) in [7, 11) is 0. The van der Waals surface area contributed by atoms with Crippen molar-refractivity contribution in [3.63, 3.8) is 0 Å². The van der Waals surface area contributed by atoms with Crippen LogP contribution in [0.3, 0.4) is 0 Å². The summed E-state index contributed by atoms with van der Waals surface area (Å²) < 4.78 is 7.08. The lowest BCUT2D eigenvalue weighted by Crippen LogP contribution is -1.91. The number of benzene rings is 2. The second-order valence-electron chi connectivity index (χ2n) is 3.91. The van der Waals surface area contributed by atoms with Crippen molar-refractivity contribution in [2.24, 2.45) is 0 Å². The van der Waals surface area contributed by atoms with Crippen LogP contribution >= 0.6 is 31.9 Å². The fourth-order valence-corrected chi connectivity index (χ4v) is 2.52. The Morgan fingerprint density at radius 2 is 1.63 bits per heavy atom. The zero-order chi connectivity index (χ0) is 14.0. The van der Waals surface area contributed by atoms with Crippen LogP contribution < -0.4 is 4.74 Å². The SMILES string of the molecule is Cc1ccc(Oc2ccc([N+](=O)[O-])cc2Br)c(Br)c1. The van der Waals surface area contributed by atoms with E-state index in [1.165, 1.54) is 12.1 Å². The largest absolute Gasteiger partial charge is 0.455 e. The van der Waals surface area contributed by atoms with Gasteiger partial charge in [-0.2, -0.15) is 0 Å². The molecular formula is C13H9Br2NO3. The van der Waals surface area contributed by atoms with E-state index in [1.807, 2.05) is 25.1 Å². The molecule has 0 atom stereocenters. The van der Waals surface area contributed by atoms with Crippen molar-refractivity contribution in [1.29, 1.82) is 0 Å². The van der Waals surface area contributed by atoms with Crippen LogP contribution in [0, 0.1) is 17.0 Å². The molecule has 0 aromatic heterocycles. The zero-order valence-corrected chi connectivity index (χ0v) is 13.1. The summed E-state index contributed by atoms with van der Waals surface area (Å²) in [5, 5.41) is 10.7. The Labute approximate surface area is 126 Å². The first-order chi connectivity index (χ1) is 8.97. The quantitative estimate of drug-likeness (QED) is 0.536. The Morgan fingerprint density at radius 1 is 1.05 bits per heavy atom. The van der Waals surface area contributed by atoms with Gasteiger partial charge in [0, 0.05) is 12.1 Å². The maximum absolute atomic E-state index is 10.7. The number of hydrogen-bond acceptors (Lipinski definition) is 3. The van der Waals surface area contributed by atoms with Crippen LogP contribution in [0.15, 0.2) is 45.3 Å². The number of hydrogen-bond donors (Lipinski definition) is 0. The van der Waals surface area contributed by atoms with Crippen molar-refractivity contribution in [2.75, 3.05) is 0 Å². The molecule has 0 aliphatic heterocycles. The third-order valence-electron chi connectivity index (χ3n) is 2.43. The van der Waals surface area contributed by atoms with Crippen LogP contribution in [0.1, 0.15) is 5.56 Å². The predicted octanol–water partition coefficient (Wildman–Crippen LogP) is 5.22. The number of halogens is 2. The summed E-state index contributed by atoms with van der Waals surface area (Å²) in [6.45, 7) is 1.98. The van der Waals surface area contributed by atoms with Crippen molar-refractivity contribution in [3.05, 3.63) is 61.0 Å². The highest BCUT2D eigenvalue weighted by molar-refractivity contribution is 9.11. The lowest BCUT2D eigenvalue weighted by molar-refractivity contribution is -0.384. The number of nitro benzene ring substituents is 1. The molecule has 0 fully saturated rings. The number of rotatable bonds is 3. The average molecular weight is 387 g/mol. The van der Waals surface area contributed by atoms with Gasteiger partial charge in [0.1, 0.15) is 11.5 Å². The van der Waals surface area contributed by atoms with Gasteiger partial charge >= 0.3 is 0 Å². The minimum atomic E-state index is -0.448. The number of non-ortho nitro benzene ring substituents is 1. The maximum Gasteiger partial charge on any atom is 0.270 e. The molecule has 0 spiro atoms. The lowest BCUT2D eigenvalue weighted by Gasteiger charge is -2.09. The van der Waals surface area contributed by atoms with E-state index in [2.05, 4.69) is 31.9 Å². The number of nitrogens with zero attached hydrogens (tertiary/aromatic N) is 1. The van der Waals surface area contributed by atoms with Crippen molar-refractivity contribution < 1.29 is 9.66 Å². The maximum atomic E-state index is 10.7. The molecule has 0 aliphatic carbocycles. The highest BCUT2D eigenvalue weighted by Crippen LogP contribution is 2.35. The molecule has 0 aliphatic rings. The van der Waals surface area contributed by atoms with E-state index in [0.717, 1.165) is 10.0 Å². The molecule has 98 valence electrons. The minimum absolute atomic E-state index is 0.0159. The van der Waals surface area contributed by atoms with E-state index >= 15 is 0 Å². The summed E-state index contributed by atoms with van der Waals surface area (Å²) >= 11 is 6.69. The van der Waals surface area contributed by atoms with Crippen molar-refractivity contribution in [1.82, 2.24) is 0 Å². The minimum Gasteiger partial charge on any atom is -0.455 e. The molecule has 6 heteroatoms. The average Bonchev–Trinajstić information content (AvgIpc) is 2.34. The van der Waals surface area contributed by atoms with Gasteiger partial charge in [-0.25, -0.2) is 0 Å². The van der Waals surface area contributed by atoms with Crippen LogP contribution in [0.4, 0.5) is 5.69 Å². The van der Waals surface area contributed by atoms with Crippen molar-refractivity contribution in [3.8, 4) is 11.5 Å². The van der Waals surface area contributed by atoms with Crippen LogP contribution in [-0.2, 0) is 0 Å². The molecule has 0 bridgehead atoms. The number of nitro groups is 1. The van der Waals surface area contributed by atoms with Gasteiger partial charge < -0.3 is 4.74 Å². The van der Waals surface area contributed by atoms with Gasteiger partial charge in [0.05, 0.1) is 13.9 Å². The smallest absolute Gasteiger partial charge is 0.270 e. The summed E-state index contributed by atoms with van der Waals surface area (Å²) in [6.07, 6.45) is 0. The number of aryl methyl sites for hydroxylation is 1. The molecule has 0 saturated carbocycles. The molecule has 0 N–H and O–H groups in total. The Bertz CT molecular complexity index is 644. The van der Waals surface area contributed by atoms with Crippen molar-refractivity contribution >= 4 is 37.5 Å². The third-order valence-corrected chi connectivity index (χ3v) is 3.67. The highest BCUT2D eigenvalue weighted by Gasteiger charge is 2.11. The predicted molar refractivity (Wildman–Crippen MR) is 79.7 cm³/mol. The van der Waals surface area contributed by atoms with Crippen LogP contribution in [0.2, 0.25) is 0 Å². The second-order valence-corrected chi connectivity index (χ2v) is 5.62. The highest BCUT2D eigenvalue weighted by atomic mass is 79.9. The molecule has 2 aromatic carbocycles. The first-order valence-electron chi connectivity index (χ1n) is 5.35. The molecule has 0 saturated heterocycles. The van der Waals surface area contributed by atoms with E-state index in [4.69, 9.17) is 4.74 Å². The van der Waals surface area contributed by atoms with Gasteiger partial charge in [-0.1, -0.05) is 6.07 Å². The molecule has 2 rings (SSSR count). The molecule has 0 amide bonds. The molecule has 19 heavy (non-hydrogen) atoms. The summed E-state index contributed by atoms with van der Waals surface area (Å²) in [6, 6.07) is 10.1. The Morgan fingerprint density at radius 3 is 2.16 bits per heavy atom. The van der Waals surface area contributed by atoms with Crippen molar-refractivity contribution in [2.45, 2.75) is 6.92 Å². The van der Waals surface area contributed by atoms with Gasteiger partial charge in [0.2, 0.25) is 0 Å². The fraction of sp³-hybridized carbons (Fsp3) is 0.0769. The van der Waals surface area contributed by atoms with Gasteiger partial charge in [0.15, 0.2) is 0 Å². The van der Waals surface area contributed by atoms with Gasteiger partial charge in [-0.05, 0) is 62.5 Å². The second kappa shape index (κ2) is 5.71. The first kappa shape index (κ1) is 14.0. The monoisotopic (exact) mass is 385 g/mol. The van der Waals surface area contributed by atoms with Crippen LogP contribution in [0.5, 0.6) is 11.5 Å². The number of ether oxygens (including phenoxy) is 1. The van der Waals surface area contributed by atoms with Gasteiger partial charge in [0.25, 0.3) is 5.69 Å². The Kier molecular flexibility index (Phi) is 4.21. The third kappa shape index (κ3) is 3.33. The van der Waals surface area contributed by atoms with Gasteiger partial charge in [-0.3, -0.25) is 10.1 Å². The van der Waals surface area contributed by atoms with Crippen LogP contribution in [0.25, 0.3) is 0 Å². The van der Waals surface area contributed by atoms with Crippen LogP contribution in [-0.4, -0.2) is 4.92 Å². The molecule has 0 radical (unpaired) electrons. The Balaban J connectivity index is 2.31. The lowest BCUT2D eigenvalue weighted by atomic mass is 10.2.